The maximum atomic E-state index is 11.4. The molecular weight excluding hydrogens is 226 g/mol. The average Bonchev–Trinajstić information content (AvgIpc) is 2.40. The van der Waals surface area contributed by atoms with E-state index in [-0.39, 0.29) is 12.5 Å². The highest BCUT2D eigenvalue weighted by Gasteiger charge is 2.05. The highest BCUT2D eigenvalue weighted by Crippen LogP contribution is 2.26. The van der Waals surface area contributed by atoms with Gasteiger partial charge < -0.3 is 10.4 Å². The van der Waals surface area contributed by atoms with Crippen molar-refractivity contribution in [2.45, 2.75) is 6.42 Å². The van der Waals surface area contributed by atoms with Crippen molar-refractivity contribution >= 4 is 22.4 Å². The predicted molar refractivity (Wildman–Crippen MR) is 73.6 cm³/mol. The van der Waals surface area contributed by atoms with Crippen molar-refractivity contribution in [2.24, 2.45) is 0 Å². The number of aliphatic hydroxyl groups excluding tert-OH is 1. The highest BCUT2D eigenvalue weighted by molar-refractivity contribution is 6.06. The minimum Gasteiger partial charge on any atom is -0.396 e. The molecule has 2 aromatic rings. The van der Waals surface area contributed by atoms with E-state index in [2.05, 4.69) is 11.9 Å². The SMILES string of the molecule is C=CC(=O)Nc1cccc2c(CCO)cccc12. The van der Waals surface area contributed by atoms with Crippen LogP contribution in [0.2, 0.25) is 0 Å². The number of hydrogen-bond donors (Lipinski definition) is 2. The van der Waals surface area contributed by atoms with Crippen LogP contribution in [-0.2, 0) is 11.2 Å². The second kappa shape index (κ2) is 5.47. The number of carbonyl (C=O) groups excluding carboxylic acids is 1. The molecule has 0 saturated heterocycles. The van der Waals surface area contributed by atoms with E-state index in [4.69, 9.17) is 5.11 Å². The second-order valence-electron chi connectivity index (χ2n) is 3.98. The number of amides is 1. The Labute approximate surface area is 106 Å². The Kier molecular flexibility index (Phi) is 3.75. The summed E-state index contributed by atoms with van der Waals surface area (Å²) in [7, 11) is 0. The summed E-state index contributed by atoms with van der Waals surface area (Å²) in [4.78, 5) is 11.4. The van der Waals surface area contributed by atoms with Gasteiger partial charge in [0.15, 0.2) is 0 Å². The quantitative estimate of drug-likeness (QED) is 0.808. The molecule has 0 aromatic heterocycles. The molecule has 2 N–H and O–H groups in total. The third-order valence-corrected chi connectivity index (χ3v) is 2.84. The van der Waals surface area contributed by atoms with Crippen LogP contribution in [0.4, 0.5) is 5.69 Å². The fourth-order valence-electron chi connectivity index (χ4n) is 2.01. The summed E-state index contributed by atoms with van der Waals surface area (Å²) in [6.45, 7) is 3.55. The summed E-state index contributed by atoms with van der Waals surface area (Å²) >= 11 is 0. The second-order valence-corrected chi connectivity index (χ2v) is 3.98. The van der Waals surface area contributed by atoms with Crippen molar-refractivity contribution in [2.75, 3.05) is 11.9 Å². The zero-order chi connectivity index (χ0) is 13.0. The van der Waals surface area contributed by atoms with E-state index < -0.39 is 0 Å². The Morgan fingerprint density at radius 1 is 1.22 bits per heavy atom. The first-order valence-electron chi connectivity index (χ1n) is 5.81. The number of hydrogen-bond acceptors (Lipinski definition) is 2. The van der Waals surface area contributed by atoms with E-state index in [1.165, 1.54) is 6.08 Å². The van der Waals surface area contributed by atoms with E-state index in [1.54, 1.807) is 0 Å². The summed E-state index contributed by atoms with van der Waals surface area (Å²) in [6.07, 6.45) is 1.85. The highest BCUT2D eigenvalue weighted by atomic mass is 16.2. The summed E-state index contributed by atoms with van der Waals surface area (Å²) < 4.78 is 0. The molecular formula is C15H15NO2. The predicted octanol–water partition coefficient (Wildman–Crippen LogP) is 2.50. The van der Waals surface area contributed by atoms with Gasteiger partial charge in [-0.05, 0) is 29.5 Å². The van der Waals surface area contributed by atoms with Gasteiger partial charge >= 0.3 is 0 Å². The molecule has 0 spiro atoms. The number of aliphatic hydroxyl groups is 1. The summed E-state index contributed by atoms with van der Waals surface area (Å²) in [5.41, 5.74) is 1.84. The largest absolute Gasteiger partial charge is 0.396 e. The molecule has 0 fully saturated rings. The molecule has 1 amide bonds. The van der Waals surface area contributed by atoms with Crippen LogP contribution in [0.25, 0.3) is 10.8 Å². The Morgan fingerprint density at radius 2 is 1.94 bits per heavy atom. The standard InChI is InChI=1S/C15H15NO2/c1-2-15(18)16-14-8-4-6-12-11(9-10-17)5-3-7-13(12)14/h2-8,17H,1,9-10H2,(H,16,18). The van der Waals surface area contributed by atoms with Crippen LogP contribution in [0, 0.1) is 0 Å². The number of carbonyl (C=O) groups is 1. The lowest BCUT2D eigenvalue weighted by molar-refractivity contribution is -0.111. The molecule has 0 saturated carbocycles. The van der Waals surface area contributed by atoms with Crippen molar-refractivity contribution in [3.63, 3.8) is 0 Å². The molecule has 0 atom stereocenters. The van der Waals surface area contributed by atoms with Crippen molar-refractivity contribution < 1.29 is 9.90 Å². The van der Waals surface area contributed by atoms with Gasteiger partial charge in [0.25, 0.3) is 0 Å². The van der Waals surface area contributed by atoms with Crippen LogP contribution in [0.1, 0.15) is 5.56 Å². The summed E-state index contributed by atoms with van der Waals surface area (Å²) in [6, 6.07) is 11.6. The number of fused-ring (bicyclic) bond motifs is 1. The van der Waals surface area contributed by atoms with Crippen LogP contribution in [0.3, 0.4) is 0 Å². The fourth-order valence-corrected chi connectivity index (χ4v) is 2.01. The molecule has 0 aliphatic rings. The minimum absolute atomic E-state index is 0.113. The van der Waals surface area contributed by atoms with Gasteiger partial charge in [-0.2, -0.15) is 0 Å². The molecule has 0 aliphatic carbocycles. The molecule has 0 bridgehead atoms. The van der Waals surface area contributed by atoms with E-state index >= 15 is 0 Å². The van der Waals surface area contributed by atoms with Crippen LogP contribution >= 0.6 is 0 Å². The monoisotopic (exact) mass is 241 g/mol. The maximum absolute atomic E-state index is 11.4. The van der Waals surface area contributed by atoms with Crippen LogP contribution in [0.5, 0.6) is 0 Å². The topological polar surface area (TPSA) is 49.3 Å². The summed E-state index contributed by atoms with van der Waals surface area (Å²) in [5, 5.41) is 13.9. The number of nitrogens with one attached hydrogen (secondary N) is 1. The van der Waals surface area contributed by atoms with Crippen molar-refractivity contribution in [3.05, 3.63) is 54.6 Å². The third-order valence-electron chi connectivity index (χ3n) is 2.84. The first kappa shape index (κ1) is 12.3. The molecule has 0 radical (unpaired) electrons. The average molecular weight is 241 g/mol. The van der Waals surface area contributed by atoms with E-state index in [0.717, 1.165) is 22.0 Å². The van der Waals surface area contributed by atoms with E-state index in [1.807, 2.05) is 36.4 Å². The lowest BCUT2D eigenvalue weighted by atomic mass is 10.0. The molecule has 18 heavy (non-hydrogen) atoms. The maximum Gasteiger partial charge on any atom is 0.247 e. The number of benzene rings is 2. The van der Waals surface area contributed by atoms with Crippen molar-refractivity contribution in [1.29, 1.82) is 0 Å². The lowest BCUT2D eigenvalue weighted by Crippen LogP contribution is -2.07. The number of rotatable bonds is 4. The van der Waals surface area contributed by atoms with Gasteiger partial charge in [-0.1, -0.05) is 36.9 Å². The van der Waals surface area contributed by atoms with Crippen LogP contribution in [0.15, 0.2) is 49.1 Å². The molecule has 0 unspecified atom stereocenters. The third kappa shape index (κ3) is 2.41. The van der Waals surface area contributed by atoms with Crippen molar-refractivity contribution in [3.8, 4) is 0 Å². The Balaban J connectivity index is 2.52. The molecule has 3 heteroatoms. The number of anilines is 1. The Hall–Kier alpha value is -2.13. The van der Waals surface area contributed by atoms with E-state index in [9.17, 15) is 4.79 Å². The normalized spacial score (nSPS) is 10.3. The molecule has 2 aromatic carbocycles. The lowest BCUT2D eigenvalue weighted by Gasteiger charge is -2.10. The van der Waals surface area contributed by atoms with Gasteiger partial charge in [0.1, 0.15) is 0 Å². The Bertz CT molecular complexity index is 590. The first-order chi connectivity index (χ1) is 8.76. The molecule has 0 aliphatic heterocycles. The van der Waals surface area contributed by atoms with E-state index in [0.29, 0.717) is 6.42 Å². The molecule has 92 valence electrons. The van der Waals surface area contributed by atoms with Gasteiger partial charge in [0, 0.05) is 17.7 Å². The minimum atomic E-state index is -0.227. The fraction of sp³-hybridized carbons (Fsp3) is 0.133. The van der Waals surface area contributed by atoms with Gasteiger partial charge in [-0.15, -0.1) is 0 Å². The molecule has 0 heterocycles. The Morgan fingerprint density at radius 3 is 2.67 bits per heavy atom. The molecule has 2 rings (SSSR count). The zero-order valence-electron chi connectivity index (χ0n) is 10.0. The van der Waals surface area contributed by atoms with Gasteiger partial charge in [-0.3, -0.25) is 4.79 Å². The van der Waals surface area contributed by atoms with Gasteiger partial charge in [0.05, 0.1) is 0 Å². The van der Waals surface area contributed by atoms with Gasteiger partial charge in [-0.25, -0.2) is 0 Å². The molecule has 3 nitrogen and oxygen atoms in total. The first-order valence-corrected chi connectivity index (χ1v) is 5.81. The van der Waals surface area contributed by atoms with Crippen molar-refractivity contribution in [1.82, 2.24) is 0 Å². The smallest absolute Gasteiger partial charge is 0.247 e. The van der Waals surface area contributed by atoms with Crippen LogP contribution < -0.4 is 5.32 Å². The zero-order valence-corrected chi connectivity index (χ0v) is 10.0. The van der Waals surface area contributed by atoms with Crippen LogP contribution in [-0.4, -0.2) is 17.6 Å². The van der Waals surface area contributed by atoms with Gasteiger partial charge in [0.2, 0.25) is 5.91 Å². The summed E-state index contributed by atoms with van der Waals surface area (Å²) in [5.74, 6) is -0.227.